The van der Waals surface area contributed by atoms with Crippen molar-refractivity contribution in [1.29, 1.82) is 5.26 Å². The lowest BCUT2D eigenvalue weighted by Crippen LogP contribution is -2.14. The number of carbonyl (C=O) groups excluding carboxylic acids is 1. The summed E-state index contributed by atoms with van der Waals surface area (Å²) in [5, 5.41) is 14.9. The summed E-state index contributed by atoms with van der Waals surface area (Å²) in [5.41, 5.74) is 3.51. The molecule has 0 bridgehead atoms. The van der Waals surface area contributed by atoms with E-state index in [1.54, 1.807) is 36.5 Å². The Balaban J connectivity index is 1.63. The van der Waals surface area contributed by atoms with Gasteiger partial charge in [0.2, 0.25) is 0 Å². The van der Waals surface area contributed by atoms with Crippen LogP contribution < -0.4 is 10.6 Å². The topological polar surface area (TPSA) is 77.8 Å². The van der Waals surface area contributed by atoms with Crippen molar-refractivity contribution in [1.82, 2.24) is 4.98 Å². The van der Waals surface area contributed by atoms with Crippen molar-refractivity contribution in [3.63, 3.8) is 0 Å². The highest BCUT2D eigenvalue weighted by molar-refractivity contribution is 6.02. The lowest BCUT2D eigenvalue weighted by Gasteiger charge is -2.15. The molecule has 26 heavy (non-hydrogen) atoms. The number of carbonyl (C=O) groups is 1. The van der Waals surface area contributed by atoms with Crippen LogP contribution in [0.1, 0.15) is 34.6 Å². The second-order valence-electron chi connectivity index (χ2n) is 5.85. The normalized spacial score (nSPS) is 11.2. The fourth-order valence-corrected chi connectivity index (χ4v) is 2.51. The van der Waals surface area contributed by atoms with E-state index in [1.165, 1.54) is 5.56 Å². The Bertz CT molecular complexity index is 913. The number of aromatic nitrogens is 1. The van der Waals surface area contributed by atoms with Gasteiger partial charge in [0.15, 0.2) is 0 Å². The zero-order chi connectivity index (χ0) is 18.4. The first-order valence-electron chi connectivity index (χ1n) is 8.25. The molecule has 3 aromatic rings. The second-order valence-corrected chi connectivity index (χ2v) is 5.85. The Labute approximate surface area is 152 Å². The van der Waals surface area contributed by atoms with E-state index in [9.17, 15) is 4.79 Å². The van der Waals surface area contributed by atoms with Gasteiger partial charge in [-0.3, -0.25) is 4.79 Å². The molecule has 0 aliphatic heterocycles. The number of anilines is 2. The predicted molar refractivity (Wildman–Crippen MR) is 102 cm³/mol. The van der Waals surface area contributed by atoms with Gasteiger partial charge in [-0.2, -0.15) is 5.26 Å². The molecule has 0 aliphatic rings. The number of pyridine rings is 1. The van der Waals surface area contributed by atoms with Gasteiger partial charge in [-0.15, -0.1) is 0 Å². The van der Waals surface area contributed by atoms with Gasteiger partial charge in [0.05, 0.1) is 23.5 Å². The average molecular weight is 342 g/mol. The summed E-state index contributed by atoms with van der Waals surface area (Å²) >= 11 is 0. The van der Waals surface area contributed by atoms with Crippen LogP contribution in [0.3, 0.4) is 0 Å². The van der Waals surface area contributed by atoms with Crippen molar-refractivity contribution in [3.05, 3.63) is 89.7 Å². The minimum Gasteiger partial charge on any atom is -0.377 e. The molecule has 3 rings (SSSR count). The van der Waals surface area contributed by atoms with Crippen LogP contribution in [0.15, 0.2) is 72.9 Å². The van der Waals surface area contributed by atoms with Crippen LogP contribution in [-0.2, 0) is 0 Å². The summed E-state index contributed by atoms with van der Waals surface area (Å²) in [7, 11) is 0. The molecule has 2 N–H and O–H groups in total. The molecule has 5 heteroatoms. The van der Waals surface area contributed by atoms with Crippen LogP contribution in [0.25, 0.3) is 0 Å². The Kier molecular flexibility index (Phi) is 5.25. The fraction of sp³-hybridized carbons (Fsp3) is 0.0952. The van der Waals surface area contributed by atoms with E-state index in [0.717, 1.165) is 5.69 Å². The van der Waals surface area contributed by atoms with Crippen LogP contribution in [0.4, 0.5) is 11.4 Å². The van der Waals surface area contributed by atoms with Crippen molar-refractivity contribution >= 4 is 17.3 Å². The van der Waals surface area contributed by atoms with E-state index >= 15 is 0 Å². The van der Waals surface area contributed by atoms with Gasteiger partial charge in [-0.1, -0.05) is 30.3 Å². The molecule has 0 aliphatic carbocycles. The molecule has 5 nitrogen and oxygen atoms in total. The number of hydrogen-bond donors (Lipinski definition) is 2. The monoisotopic (exact) mass is 342 g/mol. The summed E-state index contributed by atoms with van der Waals surface area (Å²) in [6, 6.07) is 22.5. The maximum atomic E-state index is 12.3. The number of rotatable bonds is 5. The lowest BCUT2D eigenvalue weighted by molar-refractivity contribution is 0.102. The van der Waals surface area contributed by atoms with E-state index < -0.39 is 0 Å². The molecule has 1 unspecified atom stereocenters. The zero-order valence-electron chi connectivity index (χ0n) is 14.3. The number of nitrogens with zero attached hydrogens (tertiary/aromatic N) is 2. The third-order valence-corrected chi connectivity index (χ3v) is 3.95. The highest BCUT2D eigenvalue weighted by atomic mass is 16.1. The first-order chi connectivity index (χ1) is 12.7. The average Bonchev–Trinajstić information content (AvgIpc) is 2.69. The van der Waals surface area contributed by atoms with E-state index in [4.69, 9.17) is 5.26 Å². The minimum atomic E-state index is -0.294. The van der Waals surface area contributed by atoms with Crippen LogP contribution in [0.5, 0.6) is 0 Å². The van der Waals surface area contributed by atoms with Gasteiger partial charge in [-0.05, 0) is 48.9 Å². The van der Waals surface area contributed by atoms with Crippen LogP contribution in [-0.4, -0.2) is 10.9 Å². The SMILES string of the molecule is CC(Nc1ccc(C(=O)Nc2ccc(C#N)cc2)nc1)c1ccccc1. The second kappa shape index (κ2) is 7.95. The van der Waals surface area contributed by atoms with E-state index in [1.807, 2.05) is 30.3 Å². The molecule has 0 saturated heterocycles. The van der Waals surface area contributed by atoms with E-state index in [-0.39, 0.29) is 11.9 Å². The number of nitrogens with one attached hydrogen (secondary N) is 2. The number of benzene rings is 2. The molecule has 0 spiro atoms. The first kappa shape index (κ1) is 17.2. The molecule has 2 aromatic carbocycles. The molecule has 128 valence electrons. The smallest absolute Gasteiger partial charge is 0.274 e. The van der Waals surface area contributed by atoms with Gasteiger partial charge in [-0.25, -0.2) is 4.98 Å². The predicted octanol–water partition coefficient (Wildman–Crippen LogP) is 4.38. The van der Waals surface area contributed by atoms with E-state index in [2.05, 4.69) is 34.7 Å². The molecule has 1 aromatic heterocycles. The lowest BCUT2D eigenvalue weighted by atomic mass is 10.1. The third-order valence-electron chi connectivity index (χ3n) is 3.95. The van der Waals surface area contributed by atoms with Crippen LogP contribution in [0, 0.1) is 11.3 Å². The van der Waals surface area contributed by atoms with Gasteiger partial charge in [0, 0.05) is 11.7 Å². The molecular formula is C21H18N4O. The fourth-order valence-electron chi connectivity index (χ4n) is 2.51. The largest absolute Gasteiger partial charge is 0.377 e. The molecule has 1 atom stereocenters. The van der Waals surface area contributed by atoms with Crippen LogP contribution in [0.2, 0.25) is 0 Å². The maximum Gasteiger partial charge on any atom is 0.274 e. The summed E-state index contributed by atoms with van der Waals surface area (Å²) in [6.45, 7) is 2.07. The Hall–Kier alpha value is -3.65. The van der Waals surface area contributed by atoms with Crippen molar-refractivity contribution in [2.45, 2.75) is 13.0 Å². The van der Waals surface area contributed by atoms with Gasteiger partial charge >= 0.3 is 0 Å². The van der Waals surface area contributed by atoms with Crippen molar-refractivity contribution in [2.75, 3.05) is 10.6 Å². The summed E-state index contributed by atoms with van der Waals surface area (Å²) in [6.07, 6.45) is 1.65. The Morgan fingerprint density at radius 1 is 1.00 bits per heavy atom. The summed E-state index contributed by atoms with van der Waals surface area (Å²) in [4.78, 5) is 16.5. The zero-order valence-corrected chi connectivity index (χ0v) is 14.3. The van der Waals surface area contributed by atoms with Crippen molar-refractivity contribution in [3.8, 4) is 6.07 Å². The number of hydrogen-bond acceptors (Lipinski definition) is 4. The van der Waals surface area contributed by atoms with E-state index in [0.29, 0.717) is 16.9 Å². The van der Waals surface area contributed by atoms with Crippen LogP contribution >= 0.6 is 0 Å². The molecule has 0 saturated carbocycles. The summed E-state index contributed by atoms with van der Waals surface area (Å²) < 4.78 is 0. The quantitative estimate of drug-likeness (QED) is 0.721. The molecule has 0 fully saturated rings. The molecular weight excluding hydrogens is 324 g/mol. The maximum absolute atomic E-state index is 12.3. The third kappa shape index (κ3) is 4.25. The standard InChI is InChI=1S/C21H18N4O/c1-15(17-5-3-2-4-6-17)24-19-11-12-20(23-14-19)21(26)25-18-9-7-16(13-22)8-10-18/h2-12,14-15,24H,1H3,(H,25,26). The van der Waals surface area contributed by atoms with Gasteiger partial charge in [0.25, 0.3) is 5.91 Å². The number of nitriles is 1. The molecule has 0 radical (unpaired) electrons. The minimum absolute atomic E-state index is 0.135. The molecule has 1 heterocycles. The highest BCUT2D eigenvalue weighted by Gasteiger charge is 2.09. The summed E-state index contributed by atoms with van der Waals surface area (Å²) in [5.74, 6) is -0.294. The number of amides is 1. The van der Waals surface area contributed by atoms with Crippen molar-refractivity contribution in [2.24, 2.45) is 0 Å². The highest BCUT2D eigenvalue weighted by Crippen LogP contribution is 2.18. The van der Waals surface area contributed by atoms with Gasteiger partial charge < -0.3 is 10.6 Å². The Morgan fingerprint density at radius 3 is 2.31 bits per heavy atom. The Morgan fingerprint density at radius 2 is 1.69 bits per heavy atom. The molecule has 1 amide bonds. The first-order valence-corrected chi connectivity index (χ1v) is 8.25. The van der Waals surface area contributed by atoms with Gasteiger partial charge in [0.1, 0.15) is 5.69 Å². The van der Waals surface area contributed by atoms with Crippen molar-refractivity contribution < 1.29 is 4.79 Å².